The van der Waals surface area contributed by atoms with E-state index in [1.54, 1.807) is 0 Å². The molecule has 1 fully saturated rings. The van der Waals surface area contributed by atoms with Crippen molar-refractivity contribution in [2.24, 2.45) is 0 Å². The van der Waals surface area contributed by atoms with Crippen molar-refractivity contribution in [2.75, 3.05) is 0 Å². The van der Waals surface area contributed by atoms with Crippen molar-refractivity contribution in [3.8, 4) is 0 Å². The third-order valence-electron chi connectivity index (χ3n) is 6.59. The van der Waals surface area contributed by atoms with Crippen LogP contribution in [0.3, 0.4) is 0 Å². The SMILES string of the molecule is CC(C)(C)[Si](C)(C)O[C@H]1C[C@H](O[Si](C)(C)C(C)(C)C)C(=O)[C@H](O[Si](C)(C)C)C1. The first kappa shape index (κ1) is 26.2. The monoisotopic (exact) mass is 446 g/mol. The van der Waals surface area contributed by atoms with Gasteiger partial charge in [0.2, 0.25) is 0 Å². The van der Waals surface area contributed by atoms with Crippen molar-refractivity contribution >= 4 is 30.7 Å². The van der Waals surface area contributed by atoms with Crippen LogP contribution in [-0.4, -0.2) is 49.0 Å². The fourth-order valence-corrected chi connectivity index (χ4v) is 6.60. The van der Waals surface area contributed by atoms with Gasteiger partial charge in [-0.05, 0) is 55.9 Å². The molecule has 0 N–H and O–H groups in total. The number of hydrogen-bond donors (Lipinski definition) is 0. The molecule has 0 spiro atoms. The van der Waals surface area contributed by atoms with E-state index in [9.17, 15) is 4.79 Å². The van der Waals surface area contributed by atoms with Gasteiger partial charge in [-0.2, -0.15) is 0 Å². The molecule has 1 saturated carbocycles. The minimum absolute atomic E-state index is 0.0229. The molecule has 4 nitrogen and oxygen atoms in total. The van der Waals surface area contributed by atoms with Crippen LogP contribution in [0.5, 0.6) is 0 Å². The van der Waals surface area contributed by atoms with E-state index in [-0.39, 0.29) is 22.0 Å². The van der Waals surface area contributed by atoms with E-state index in [0.717, 1.165) is 0 Å². The second-order valence-corrected chi connectivity index (χ2v) is 26.4. The molecule has 3 atom stereocenters. The van der Waals surface area contributed by atoms with Gasteiger partial charge in [0.1, 0.15) is 12.2 Å². The molecule has 7 heteroatoms. The molecule has 28 heavy (non-hydrogen) atoms. The van der Waals surface area contributed by atoms with E-state index in [0.29, 0.717) is 12.8 Å². The van der Waals surface area contributed by atoms with Crippen LogP contribution in [0.15, 0.2) is 0 Å². The van der Waals surface area contributed by atoms with Crippen molar-refractivity contribution < 1.29 is 18.1 Å². The van der Waals surface area contributed by atoms with Gasteiger partial charge in [0.25, 0.3) is 0 Å². The maximum Gasteiger partial charge on any atom is 0.193 e. The predicted octanol–water partition coefficient (Wildman–Crippen LogP) is 6.35. The second kappa shape index (κ2) is 8.38. The van der Waals surface area contributed by atoms with Crippen LogP contribution < -0.4 is 0 Å². The first-order valence-corrected chi connectivity index (χ1v) is 20.0. The molecule has 1 aliphatic rings. The molecular weight excluding hydrogens is 400 g/mol. The van der Waals surface area contributed by atoms with Gasteiger partial charge in [-0.25, -0.2) is 0 Å². The highest BCUT2D eigenvalue weighted by Crippen LogP contribution is 2.42. The van der Waals surface area contributed by atoms with Gasteiger partial charge in [0.15, 0.2) is 30.7 Å². The minimum atomic E-state index is -2.06. The number of Topliss-reactive ketones (excluding diaryl/α,β-unsaturated/α-hetero) is 1. The molecule has 0 aromatic carbocycles. The maximum absolute atomic E-state index is 13.3. The van der Waals surface area contributed by atoms with Crippen LogP contribution >= 0.6 is 0 Å². The zero-order chi connectivity index (χ0) is 22.3. The molecular formula is C21H46O4Si3. The minimum Gasteiger partial charge on any atom is -0.414 e. The molecule has 1 rings (SSSR count). The molecule has 0 aliphatic heterocycles. The van der Waals surface area contributed by atoms with Crippen LogP contribution in [0.25, 0.3) is 0 Å². The molecule has 0 aromatic heterocycles. The lowest BCUT2D eigenvalue weighted by atomic mass is 9.91. The van der Waals surface area contributed by atoms with Gasteiger partial charge in [-0.3, -0.25) is 4.79 Å². The Kier molecular flexibility index (Phi) is 7.85. The number of carbonyl (C=O) groups excluding carboxylic acids is 1. The van der Waals surface area contributed by atoms with Crippen LogP contribution in [0.2, 0.25) is 55.9 Å². The molecule has 0 heterocycles. The van der Waals surface area contributed by atoms with Crippen LogP contribution in [0.4, 0.5) is 0 Å². The highest BCUT2D eigenvalue weighted by molar-refractivity contribution is 6.74. The number of ketones is 1. The Balaban J connectivity index is 3.13. The molecule has 0 amide bonds. The normalized spacial score (nSPS) is 25.9. The Morgan fingerprint density at radius 1 is 0.679 bits per heavy atom. The smallest absolute Gasteiger partial charge is 0.193 e. The summed E-state index contributed by atoms with van der Waals surface area (Å²) < 4.78 is 19.6. The molecule has 0 bridgehead atoms. The van der Waals surface area contributed by atoms with Gasteiger partial charge in [-0.1, -0.05) is 41.5 Å². The molecule has 1 aliphatic carbocycles. The average molecular weight is 447 g/mol. The topological polar surface area (TPSA) is 44.8 Å². The van der Waals surface area contributed by atoms with Crippen molar-refractivity contribution in [1.29, 1.82) is 0 Å². The zero-order valence-electron chi connectivity index (χ0n) is 20.8. The summed E-state index contributed by atoms with van der Waals surface area (Å²) in [5, 5.41) is 0.203. The highest BCUT2D eigenvalue weighted by Gasteiger charge is 2.48. The summed E-state index contributed by atoms with van der Waals surface area (Å²) in [6.45, 7) is 28.8. The standard InChI is InChI=1S/C21H46O4Si3/c1-20(2,3)27(10,11)23-16-14-17(24-26(7,8)9)19(22)18(15-16)25-28(12,13)21(4,5)6/h16-18H,14-15H2,1-13H3/t16-,17-,18+/m1/s1. The summed E-state index contributed by atoms with van der Waals surface area (Å²) in [6, 6.07) is 0. The fraction of sp³-hybridized carbons (Fsp3) is 0.952. The van der Waals surface area contributed by atoms with E-state index < -0.39 is 37.2 Å². The Hall–Kier alpha value is 0.201. The molecule has 0 radical (unpaired) electrons. The summed E-state index contributed by atoms with van der Waals surface area (Å²) in [7, 11) is -5.83. The fourth-order valence-electron chi connectivity index (χ4n) is 2.87. The van der Waals surface area contributed by atoms with Gasteiger partial charge < -0.3 is 13.3 Å². The first-order chi connectivity index (χ1) is 12.2. The Bertz CT molecular complexity index is 553. The predicted molar refractivity (Wildman–Crippen MR) is 127 cm³/mol. The Morgan fingerprint density at radius 3 is 1.39 bits per heavy atom. The van der Waals surface area contributed by atoms with Gasteiger partial charge >= 0.3 is 0 Å². The van der Waals surface area contributed by atoms with Gasteiger partial charge in [0, 0.05) is 12.8 Å². The largest absolute Gasteiger partial charge is 0.414 e. The first-order valence-electron chi connectivity index (χ1n) is 10.7. The Labute approximate surface area is 177 Å². The van der Waals surface area contributed by atoms with E-state index in [2.05, 4.69) is 87.4 Å². The molecule has 0 unspecified atom stereocenters. The summed E-state index contributed by atoms with van der Waals surface area (Å²) in [6.07, 6.45) is 0.529. The summed E-state index contributed by atoms with van der Waals surface area (Å²) in [4.78, 5) is 13.3. The highest BCUT2D eigenvalue weighted by atomic mass is 28.4. The van der Waals surface area contributed by atoms with Crippen molar-refractivity contribution in [3.63, 3.8) is 0 Å². The molecule has 0 aromatic rings. The lowest BCUT2D eigenvalue weighted by Crippen LogP contribution is -2.56. The third kappa shape index (κ3) is 6.87. The summed E-state index contributed by atoms with van der Waals surface area (Å²) in [5.74, 6) is 0.127. The second-order valence-electron chi connectivity index (χ2n) is 12.5. The summed E-state index contributed by atoms with van der Waals surface area (Å²) in [5.41, 5.74) is 0. The van der Waals surface area contributed by atoms with Gasteiger partial charge in [0.05, 0.1) is 6.10 Å². The van der Waals surface area contributed by atoms with E-state index in [1.807, 2.05) is 0 Å². The molecule has 166 valence electrons. The van der Waals surface area contributed by atoms with Crippen molar-refractivity contribution in [3.05, 3.63) is 0 Å². The van der Waals surface area contributed by atoms with E-state index >= 15 is 0 Å². The van der Waals surface area contributed by atoms with Crippen LogP contribution in [-0.2, 0) is 18.1 Å². The lowest BCUT2D eigenvalue weighted by Gasteiger charge is -2.46. The molecule has 0 saturated heterocycles. The van der Waals surface area contributed by atoms with Crippen molar-refractivity contribution in [1.82, 2.24) is 0 Å². The van der Waals surface area contributed by atoms with E-state index in [1.165, 1.54) is 0 Å². The summed E-state index contributed by atoms with van der Waals surface area (Å²) >= 11 is 0. The number of hydrogen-bond acceptors (Lipinski definition) is 4. The average Bonchev–Trinajstić information content (AvgIpc) is 2.38. The Morgan fingerprint density at radius 2 is 1.04 bits per heavy atom. The quantitative estimate of drug-likeness (QED) is 0.446. The zero-order valence-corrected chi connectivity index (χ0v) is 23.8. The number of carbonyl (C=O) groups is 1. The lowest BCUT2D eigenvalue weighted by molar-refractivity contribution is -0.141. The third-order valence-corrected chi connectivity index (χ3v) is 16.6. The van der Waals surface area contributed by atoms with E-state index in [4.69, 9.17) is 13.3 Å². The van der Waals surface area contributed by atoms with Gasteiger partial charge in [-0.15, -0.1) is 0 Å². The maximum atomic E-state index is 13.3. The van der Waals surface area contributed by atoms with Crippen LogP contribution in [0.1, 0.15) is 54.4 Å². The number of rotatable bonds is 6. The van der Waals surface area contributed by atoms with Crippen LogP contribution in [0, 0.1) is 0 Å². The van der Waals surface area contributed by atoms with Crippen molar-refractivity contribution in [2.45, 2.75) is 129 Å².